The molecule has 3 rings (SSSR count). The van der Waals surface area contributed by atoms with Crippen LogP contribution in [-0.2, 0) is 6.54 Å². The molecule has 8 heteroatoms. The van der Waals surface area contributed by atoms with Crippen molar-refractivity contribution in [2.75, 3.05) is 0 Å². The highest BCUT2D eigenvalue weighted by molar-refractivity contribution is 5.66. The van der Waals surface area contributed by atoms with Crippen molar-refractivity contribution >= 4 is 12.2 Å². The van der Waals surface area contributed by atoms with Crippen molar-refractivity contribution in [2.45, 2.75) is 37.9 Å². The van der Waals surface area contributed by atoms with E-state index < -0.39 is 16.7 Å². The van der Waals surface area contributed by atoms with Gasteiger partial charge in [-0.15, -0.1) is 0 Å². The Kier molecular flexibility index (Phi) is 2.56. The molecular formula is C12H14N4O4. The molecule has 1 saturated carbocycles. The molecule has 106 valence electrons. The number of hydrogen-bond acceptors (Lipinski definition) is 4. The van der Waals surface area contributed by atoms with E-state index >= 15 is 0 Å². The number of imidazole rings is 1. The maximum absolute atomic E-state index is 11.3. The third-order valence-corrected chi connectivity index (χ3v) is 3.81. The van der Waals surface area contributed by atoms with Crippen LogP contribution in [0.5, 0.6) is 0 Å². The Labute approximate surface area is 114 Å². The second kappa shape index (κ2) is 4.06. The molecule has 1 unspecified atom stereocenters. The van der Waals surface area contributed by atoms with Crippen molar-refractivity contribution in [3.05, 3.63) is 33.4 Å². The Bertz CT molecular complexity index is 632. The molecule has 1 amide bonds. The van der Waals surface area contributed by atoms with Crippen molar-refractivity contribution in [3.8, 4) is 0 Å². The largest absolute Gasteiger partial charge is 0.465 e. The summed E-state index contributed by atoms with van der Waals surface area (Å²) in [5.41, 5.74) is 0.0230. The SMILES string of the molecule is Cc1c(C2CC2)nc2n1CC(NC(=O)O)([N+](=O)[O-])C=C2. The lowest BCUT2D eigenvalue weighted by Crippen LogP contribution is -2.56. The summed E-state index contributed by atoms with van der Waals surface area (Å²) < 4.78 is 1.71. The predicted octanol–water partition coefficient (Wildman–Crippen LogP) is 1.34. The predicted molar refractivity (Wildman–Crippen MR) is 68.9 cm³/mol. The Morgan fingerprint density at radius 2 is 2.35 bits per heavy atom. The summed E-state index contributed by atoms with van der Waals surface area (Å²) in [4.78, 5) is 26.0. The molecule has 1 aromatic heterocycles. The minimum absolute atomic E-state index is 0.0797. The van der Waals surface area contributed by atoms with Gasteiger partial charge >= 0.3 is 11.8 Å². The normalized spacial score (nSPS) is 24.2. The summed E-state index contributed by atoms with van der Waals surface area (Å²) >= 11 is 0. The van der Waals surface area contributed by atoms with Crippen molar-refractivity contribution in [1.82, 2.24) is 14.9 Å². The van der Waals surface area contributed by atoms with Gasteiger partial charge in [0.05, 0.1) is 10.6 Å². The van der Waals surface area contributed by atoms with E-state index in [0.29, 0.717) is 11.7 Å². The van der Waals surface area contributed by atoms with Crippen molar-refractivity contribution in [1.29, 1.82) is 0 Å². The fraction of sp³-hybridized carbons (Fsp3) is 0.500. The van der Waals surface area contributed by atoms with Crippen molar-refractivity contribution < 1.29 is 14.8 Å². The van der Waals surface area contributed by atoms with Gasteiger partial charge in [0.2, 0.25) is 0 Å². The van der Waals surface area contributed by atoms with E-state index in [-0.39, 0.29) is 6.54 Å². The quantitative estimate of drug-likeness (QED) is 0.492. The zero-order chi connectivity index (χ0) is 14.5. The fourth-order valence-corrected chi connectivity index (χ4v) is 2.58. The second-order valence-corrected chi connectivity index (χ2v) is 5.25. The molecule has 2 N–H and O–H groups in total. The first-order valence-corrected chi connectivity index (χ1v) is 6.35. The first-order chi connectivity index (χ1) is 9.43. The summed E-state index contributed by atoms with van der Waals surface area (Å²) in [6, 6.07) is 0. The molecule has 20 heavy (non-hydrogen) atoms. The summed E-state index contributed by atoms with van der Waals surface area (Å²) in [5, 5.41) is 22.1. The van der Waals surface area contributed by atoms with Crippen LogP contribution < -0.4 is 5.32 Å². The standard InChI is InChI=1S/C12H14N4O4/c1-7-10(8-2-3-8)13-9-4-5-12(16(19)20,6-15(7)9)14-11(17)18/h4-5,8,14H,2-3,6H2,1H3,(H,17,18). The van der Waals surface area contributed by atoms with Gasteiger partial charge in [0.15, 0.2) is 0 Å². The highest BCUT2D eigenvalue weighted by Crippen LogP contribution is 2.42. The van der Waals surface area contributed by atoms with Gasteiger partial charge in [-0.25, -0.2) is 9.78 Å². The number of carbonyl (C=O) groups is 1. The molecule has 0 radical (unpaired) electrons. The lowest BCUT2D eigenvalue weighted by molar-refractivity contribution is -0.563. The summed E-state index contributed by atoms with van der Waals surface area (Å²) in [5.74, 6) is 1.09. The maximum atomic E-state index is 11.3. The Morgan fingerprint density at radius 3 is 2.90 bits per heavy atom. The van der Waals surface area contributed by atoms with E-state index in [0.717, 1.165) is 24.2 Å². The van der Waals surface area contributed by atoms with Crippen LogP contribution in [0.25, 0.3) is 6.08 Å². The molecule has 0 bridgehead atoms. The lowest BCUT2D eigenvalue weighted by atomic mass is 10.1. The number of fused-ring (bicyclic) bond motifs is 1. The molecule has 2 heterocycles. The Balaban J connectivity index is 2.01. The third-order valence-electron chi connectivity index (χ3n) is 3.81. The van der Waals surface area contributed by atoms with Crippen LogP contribution in [-0.4, -0.2) is 31.3 Å². The van der Waals surface area contributed by atoms with Gasteiger partial charge in [-0.05, 0) is 25.8 Å². The number of nitrogens with zero attached hydrogens (tertiary/aromatic N) is 3. The molecule has 8 nitrogen and oxygen atoms in total. The van der Waals surface area contributed by atoms with Crippen molar-refractivity contribution in [3.63, 3.8) is 0 Å². The number of amides is 1. The van der Waals surface area contributed by atoms with Crippen LogP contribution in [0, 0.1) is 17.0 Å². The maximum Gasteiger partial charge on any atom is 0.410 e. The molecule has 1 fully saturated rings. The minimum Gasteiger partial charge on any atom is -0.465 e. The van der Waals surface area contributed by atoms with E-state index in [1.165, 1.54) is 12.2 Å². The summed E-state index contributed by atoms with van der Waals surface area (Å²) in [6.45, 7) is 1.79. The van der Waals surface area contributed by atoms with Crippen LogP contribution in [0.2, 0.25) is 0 Å². The van der Waals surface area contributed by atoms with E-state index in [9.17, 15) is 14.9 Å². The van der Waals surface area contributed by atoms with Gasteiger partial charge in [0, 0.05) is 17.7 Å². The topological polar surface area (TPSA) is 110 Å². The van der Waals surface area contributed by atoms with E-state index in [1.54, 1.807) is 4.57 Å². The zero-order valence-corrected chi connectivity index (χ0v) is 10.9. The molecule has 0 aromatic carbocycles. The molecule has 0 spiro atoms. The van der Waals surface area contributed by atoms with Crippen LogP contribution in [0.4, 0.5) is 4.79 Å². The highest BCUT2D eigenvalue weighted by atomic mass is 16.6. The molecule has 1 atom stereocenters. The first-order valence-electron chi connectivity index (χ1n) is 6.35. The number of aromatic nitrogens is 2. The monoisotopic (exact) mass is 278 g/mol. The first kappa shape index (κ1) is 12.6. The van der Waals surface area contributed by atoms with Gasteiger partial charge < -0.3 is 9.67 Å². The minimum atomic E-state index is -1.83. The average Bonchev–Trinajstić information content (AvgIpc) is 3.15. The summed E-state index contributed by atoms with van der Waals surface area (Å²) in [6.07, 6.45) is 3.54. The zero-order valence-electron chi connectivity index (χ0n) is 10.9. The number of nitrogens with one attached hydrogen (secondary N) is 1. The highest BCUT2D eigenvalue weighted by Gasteiger charge is 2.46. The summed E-state index contributed by atoms with van der Waals surface area (Å²) in [7, 11) is 0. The fourth-order valence-electron chi connectivity index (χ4n) is 2.58. The number of carboxylic acid groups (broad SMARTS) is 1. The lowest BCUT2D eigenvalue weighted by Gasteiger charge is -2.26. The molecule has 1 aliphatic carbocycles. The molecule has 1 aromatic rings. The van der Waals surface area contributed by atoms with Crippen LogP contribution in [0.3, 0.4) is 0 Å². The number of nitro groups is 1. The van der Waals surface area contributed by atoms with Gasteiger partial charge in [-0.1, -0.05) is 0 Å². The second-order valence-electron chi connectivity index (χ2n) is 5.25. The smallest absolute Gasteiger partial charge is 0.410 e. The third kappa shape index (κ3) is 1.84. The van der Waals surface area contributed by atoms with E-state index in [2.05, 4.69) is 4.98 Å². The van der Waals surface area contributed by atoms with Crippen LogP contribution in [0.15, 0.2) is 6.08 Å². The molecule has 2 aliphatic rings. The Morgan fingerprint density at radius 1 is 1.65 bits per heavy atom. The van der Waals surface area contributed by atoms with Crippen molar-refractivity contribution in [2.24, 2.45) is 0 Å². The molecular weight excluding hydrogens is 264 g/mol. The van der Waals surface area contributed by atoms with Crippen LogP contribution in [0.1, 0.15) is 36.0 Å². The van der Waals surface area contributed by atoms with E-state index in [1.807, 2.05) is 12.2 Å². The molecule has 1 aliphatic heterocycles. The number of rotatable bonds is 3. The van der Waals surface area contributed by atoms with Gasteiger partial charge in [0.25, 0.3) is 0 Å². The molecule has 0 saturated heterocycles. The Hall–Kier alpha value is -2.38. The number of hydrogen-bond donors (Lipinski definition) is 2. The average molecular weight is 278 g/mol. The van der Waals surface area contributed by atoms with Crippen LogP contribution >= 0.6 is 0 Å². The van der Waals surface area contributed by atoms with Gasteiger partial charge in [-0.2, -0.15) is 0 Å². The van der Waals surface area contributed by atoms with Gasteiger partial charge in [-0.3, -0.25) is 15.4 Å². The van der Waals surface area contributed by atoms with E-state index in [4.69, 9.17) is 5.11 Å². The van der Waals surface area contributed by atoms with Gasteiger partial charge in [0.1, 0.15) is 12.4 Å².